The van der Waals surface area contributed by atoms with Crippen LogP contribution < -0.4 is 10.2 Å². The molecular formula is C14H20N6O. The van der Waals surface area contributed by atoms with Crippen LogP contribution in [0.2, 0.25) is 0 Å². The summed E-state index contributed by atoms with van der Waals surface area (Å²) in [7, 11) is 1.88. The van der Waals surface area contributed by atoms with Crippen LogP contribution in [-0.4, -0.2) is 44.8 Å². The third kappa shape index (κ3) is 2.32. The highest BCUT2D eigenvalue weighted by Crippen LogP contribution is 2.26. The largest absolute Gasteiger partial charge is 0.353 e. The van der Waals surface area contributed by atoms with Crippen molar-refractivity contribution in [1.29, 1.82) is 0 Å². The molecule has 3 heterocycles. The second-order valence-corrected chi connectivity index (χ2v) is 5.38. The molecule has 1 unspecified atom stereocenters. The van der Waals surface area contributed by atoms with Crippen LogP contribution in [0.1, 0.15) is 26.1 Å². The molecule has 0 aromatic carbocycles. The number of hydrogen-bond acceptors (Lipinski definition) is 5. The van der Waals surface area contributed by atoms with Crippen LogP contribution in [-0.2, 0) is 18.3 Å². The van der Waals surface area contributed by atoms with Crippen LogP contribution in [0.3, 0.4) is 0 Å². The van der Waals surface area contributed by atoms with Gasteiger partial charge in [0.15, 0.2) is 5.65 Å². The third-order valence-electron chi connectivity index (χ3n) is 3.86. The van der Waals surface area contributed by atoms with E-state index >= 15 is 0 Å². The van der Waals surface area contributed by atoms with Crippen molar-refractivity contribution in [2.24, 2.45) is 7.05 Å². The molecule has 7 heteroatoms. The van der Waals surface area contributed by atoms with E-state index in [-0.39, 0.29) is 11.9 Å². The maximum absolute atomic E-state index is 11.9. The van der Waals surface area contributed by atoms with Crippen molar-refractivity contribution in [2.75, 3.05) is 18.0 Å². The number of nitrogens with zero attached hydrogens (tertiary/aromatic N) is 5. The van der Waals surface area contributed by atoms with Gasteiger partial charge >= 0.3 is 0 Å². The monoisotopic (exact) mass is 288 g/mol. The van der Waals surface area contributed by atoms with E-state index in [1.54, 1.807) is 10.9 Å². The molecule has 0 spiro atoms. The number of rotatable bonds is 3. The molecule has 0 radical (unpaired) electrons. The minimum absolute atomic E-state index is 0.0361. The Morgan fingerprint density at radius 2 is 2.24 bits per heavy atom. The first kappa shape index (κ1) is 13.8. The number of aromatic nitrogens is 4. The summed E-state index contributed by atoms with van der Waals surface area (Å²) in [6.07, 6.45) is 3.58. The Labute approximate surface area is 123 Å². The van der Waals surface area contributed by atoms with Gasteiger partial charge in [0.2, 0.25) is 5.91 Å². The number of aryl methyl sites for hydroxylation is 2. The molecule has 0 aliphatic carbocycles. The van der Waals surface area contributed by atoms with E-state index in [2.05, 4.69) is 22.3 Å². The highest BCUT2D eigenvalue weighted by atomic mass is 16.2. The van der Waals surface area contributed by atoms with E-state index in [4.69, 9.17) is 4.98 Å². The van der Waals surface area contributed by atoms with Crippen LogP contribution in [0.4, 0.5) is 5.82 Å². The number of hydrogen-bond donors (Lipinski definition) is 1. The van der Waals surface area contributed by atoms with Crippen molar-refractivity contribution in [3.05, 3.63) is 12.0 Å². The molecule has 2 aromatic rings. The molecule has 1 N–H and O–H groups in total. The van der Waals surface area contributed by atoms with Crippen molar-refractivity contribution in [1.82, 2.24) is 25.1 Å². The molecule has 1 saturated heterocycles. The lowest BCUT2D eigenvalue weighted by molar-refractivity contribution is -0.122. The fraction of sp³-hybridized carbons (Fsp3) is 0.571. The highest BCUT2D eigenvalue weighted by molar-refractivity contribution is 5.92. The average molecular weight is 288 g/mol. The molecular weight excluding hydrogens is 268 g/mol. The van der Waals surface area contributed by atoms with Crippen molar-refractivity contribution in [3.8, 4) is 0 Å². The van der Waals surface area contributed by atoms with Crippen LogP contribution in [0, 0.1) is 0 Å². The first-order valence-corrected chi connectivity index (χ1v) is 7.34. The molecule has 1 amide bonds. The van der Waals surface area contributed by atoms with E-state index in [0.717, 1.165) is 42.1 Å². The van der Waals surface area contributed by atoms with Gasteiger partial charge in [0.05, 0.1) is 11.6 Å². The Hall–Kier alpha value is -2.18. The van der Waals surface area contributed by atoms with E-state index in [9.17, 15) is 4.79 Å². The highest BCUT2D eigenvalue weighted by Gasteiger charge is 2.28. The van der Waals surface area contributed by atoms with E-state index in [1.165, 1.54) is 0 Å². The molecule has 1 fully saturated rings. The lowest BCUT2D eigenvalue weighted by Gasteiger charge is -2.34. The van der Waals surface area contributed by atoms with Crippen molar-refractivity contribution < 1.29 is 4.79 Å². The molecule has 3 rings (SSSR count). The fourth-order valence-corrected chi connectivity index (χ4v) is 2.68. The van der Waals surface area contributed by atoms with Gasteiger partial charge in [-0.3, -0.25) is 9.48 Å². The maximum atomic E-state index is 11.9. The molecule has 112 valence electrons. The molecule has 1 aliphatic rings. The van der Waals surface area contributed by atoms with Crippen LogP contribution in [0.15, 0.2) is 6.20 Å². The van der Waals surface area contributed by atoms with Gasteiger partial charge in [-0.25, -0.2) is 9.97 Å². The van der Waals surface area contributed by atoms with Gasteiger partial charge in [-0.2, -0.15) is 5.10 Å². The predicted octanol–water partition coefficient (Wildman–Crippen LogP) is 0.640. The Morgan fingerprint density at radius 1 is 1.43 bits per heavy atom. The number of piperazine rings is 1. The Bertz CT molecular complexity index is 679. The Balaban J connectivity index is 2.13. The number of amides is 1. The summed E-state index contributed by atoms with van der Waals surface area (Å²) in [6, 6.07) is -0.230. The first-order valence-electron chi connectivity index (χ1n) is 7.34. The van der Waals surface area contributed by atoms with Crippen molar-refractivity contribution in [3.63, 3.8) is 0 Å². The Morgan fingerprint density at radius 3 is 3.00 bits per heavy atom. The smallest absolute Gasteiger partial charge is 0.242 e. The van der Waals surface area contributed by atoms with Gasteiger partial charge in [0.1, 0.15) is 17.7 Å². The molecule has 1 atom stereocenters. The van der Waals surface area contributed by atoms with E-state index < -0.39 is 0 Å². The summed E-state index contributed by atoms with van der Waals surface area (Å²) in [5.74, 6) is 1.66. The normalized spacial score (nSPS) is 19.1. The summed E-state index contributed by atoms with van der Waals surface area (Å²) >= 11 is 0. The number of carbonyl (C=O) groups is 1. The summed E-state index contributed by atoms with van der Waals surface area (Å²) in [5, 5.41) is 8.06. The molecule has 1 aliphatic heterocycles. The quantitative estimate of drug-likeness (QED) is 0.897. The molecule has 2 aromatic heterocycles. The Kier molecular flexibility index (Phi) is 3.48. The summed E-state index contributed by atoms with van der Waals surface area (Å²) in [6.45, 7) is 5.39. The number of anilines is 1. The van der Waals surface area contributed by atoms with Gasteiger partial charge in [0, 0.05) is 26.6 Å². The molecule has 21 heavy (non-hydrogen) atoms. The lowest BCUT2D eigenvalue weighted by Crippen LogP contribution is -2.54. The summed E-state index contributed by atoms with van der Waals surface area (Å²) in [5.41, 5.74) is 0.821. The first-order chi connectivity index (χ1) is 10.1. The second-order valence-electron chi connectivity index (χ2n) is 5.38. The fourth-order valence-electron chi connectivity index (χ4n) is 2.68. The van der Waals surface area contributed by atoms with Crippen LogP contribution >= 0.6 is 0 Å². The van der Waals surface area contributed by atoms with Crippen LogP contribution in [0.25, 0.3) is 11.0 Å². The second kappa shape index (κ2) is 5.31. The van der Waals surface area contributed by atoms with Crippen molar-refractivity contribution in [2.45, 2.75) is 32.7 Å². The van der Waals surface area contributed by atoms with Gasteiger partial charge in [-0.05, 0) is 13.3 Å². The van der Waals surface area contributed by atoms with Crippen LogP contribution in [0.5, 0.6) is 0 Å². The SMILES string of the molecule is CCCc1nc(N2CCNC(=O)C2C)c2cnn(C)c2n1. The van der Waals surface area contributed by atoms with Gasteiger partial charge < -0.3 is 10.2 Å². The molecule has 0 saturated carbocycles. The topological polar surface area (TPSA) is 75.9 Å². The zero-order valence-electron chi connectivity index (χ0n) is 12.6. The van der Waals surface area contributed by atoms with Crippen molar-refractivity contribution >= 4 is 22.8 Å². The van der Waals surface area contributed by atoms with Gasteiger partial charge in [0.25, 0.3) is 0 Å². The van der Waals surface area contributed by atoms with Gasteiger partial charge in [-0.15, -0.1) is 0 Å². The molecule has 0 bridgehead atoms. The maximum Gasteiger partial charge on any atom is 0.242 e. The summed E-state index contributed by atoms with van der Waals surface area (Å²) < 4.78 is 1.76. The average Bonchev–Trinajstić information content (AvgIpc) is 2.84. The minimum Gasteiger partial charge on any atom is -0.353 e. The predicted molar refractivity (Wildman–Crippen MR) is 80.1 cm³/mol. The zero-order valence-corrected chi connectivity index (χ0v) is 12.6. The van der Waals surface area contributed by atoms with Gasteiger partial charge in [-0.1, -0.05) is 6.92 Å². The number of fused-ring (bicyclic) bond motifs is 1. The minimum atomic E-state index is -0.230. The number of carbonyl (C=O) groups excluding carboxylic acids is 1. The standard InChI is InChI=1S/C14H20N6O/c1-4-5-11-17-12-10(8-16-19(12)3)13(18-11)20-7-6-15-14(21)9(20)2/h8-9H,4-7H2,1-3H3,(H,15,21). The molecule has 7 nitrogen and oxygen atoms in total. The zero-order chi connectivity index (χ0) is 15.0. The van der Waals surface area contributed by atoms with E-state index in [0.29, 0.717) is 6.54 Å². The number of nitrogens with one attached hydrogen (secondary N) is 1. The third-order valence-corrected chi connectivity index (χ3v) is 3.86. The summed E-state index contributed by atoms with van der Waals surface area (Å²) in [4.78, 5) is 23.2. The van der Waals surface area contributed by atoms with E-state index in [1.807, 2.05) is 18.9 Å². The lowest BCUT2D eigenvalue weighted by atomic mass is 10.2.